The summed E-state index contributed by atoms with van der Waals surface area (Å²) >= 11 is 0. The highest BCUT2D eigenvalue weighted by Gasteiger charge is 2.33. The second-order valence-corrected chi connectivity index (χ2v) is 6.22. The number of aryl methyl sites for hydroxylation is 1. The summed E-state index contributed by atoms with van der Waals surface area (Å²) in [5.74, 6) is -0.429. The molecule has 0 radical (unpaired) electrons. The lowest BCUT2D eigenvalue weighted by molar-refractivity contribution is -0.141. The second kappa shape index (κ2) is 7.65. The number of carbonyl (C=O) groups is 1. The molecule has 0 aliphatic rings. The van der Waals surface area contributed by atoms with Gasteiger partial charge in [-0.3, -0.25) is 9.48 Å². The van der Waals surface area contributed by atoms with E-state index in [9.17, 15) is 18.0 Å². The summed E-state index contributed by atoms with van der Waals surface area (Å²) in [6.45, 7) is 1.67. The number of amides is 1. The number of alkyl halides is 3. The molecule has 3 aromatic rings. The molecule has 0 aliphatic carbocycles. The Morgan fingerprint density at radius 3 is 2.26 bits per heavy atom. The maximum atomic E-state index is 12.6. The largest absolute Gasteiger partial charge is 0.435 e. The maximum Gasteiger partial charge on any atom is 0.435 e. The van der Waals surface area contributed by atoms with E-state index in [1.54, 1.807) is 0 Å². The molecule has 0 saturated heterocycles. The third-order valence-corrected chi connectivity index (χ3v) is 4.09. The first-order valence-corrected chi connectivity index (χ1v) is 8.34. The standard InChI is InChI=1S/C20H18F3N3O/c1-14-7-9-16(10-8-14)19(15-5-3-2-4-6-15)24-18(27)13-26-12-11-17(25-26)20(21,22)23/h2-12,19H,13H2,1H3,(H,24,27)/t19-/m0/s1. The average molecular weight is 373 g/mol. The van der Waals surface area contributed by atoms with E-state index in [2.05, 4.69) is 10.4 Å². The van der Waals surface area contributed by atoms with Gasteiger partial charge in [0.25, 0.3) is 0 Å². The molecule has 0 saturated carbocycles. The average Bonchev–Trinajstić information content (AvgIpc) is 3.10. The molecule has 1 heterocycles. The Morgan fingerprint density at radius 1 is 1.04 bits per heavy atom. The van der Waals surface area contributed by atoms with Crippen LogP contribution in [0.5, 0.6) is 0 Å². The quantitative estimate of drug-likeness (QED) is 0.731. The summed E-state index contributed by atoms with van der Waals surface area (Å²) in [5.41, 5.74) is 1.84. The fourth-order valence-electron chi connectivity index (χ4n) is 2.72. The van der Waals surface area contributed by atoms with Gasteiger partial charge in [0.05, 0.1) is 6.04 Å². The minimum Gasteiger partial charge on any atom is -0.344 e. The van der Waals surface area contributed by atoms with E-state index < -0.39 is 23.8 Å². The van der Waals surface area contributed by atoms with Crippen LogP contribution in [-0.4, -0.2) is 15.7 Å². The monoisotopic (exact) mass is 373 g/mol. The van der Waals surface area contributed by atoms with Gasteiger partial charge in [-0.25, -0.2) is 0 Å². The van der Waals surface area contributed by atoms with E-state index in [0.29, 0.717) is 0 Å². The molecule has 1 amide bonds. The third kappa shape index (κ3) is 4.75. The summed E-state index contributed by atoms with van der Waals surface area (Å²) in [6.07, 6.45) is -3.39. The highest BCUT2D eigenvalue weighted by atomic mass is 19.4. The van der Waals surface area contributed by atoms with E-state index >= 15 is 0 Å². The molecule has 0 unspecified atom stereocenters. The summed E-state index contributed by atoms with van der Waals surface area (Å²) in [6, 6.07) is 17.6. The van der Waals surface area contributed by atoms with Crippen molar-refractivity contribution in [3.05, 3.63) is 89.2 Å². The normalized spacial score (nSPS) is 12.6. The van der Waals surface area contributed by atoms with Gasteiger partial charge in [0.2, 0.25) is 5.91 Å². The molecular formula is C20H18F3N3O. The van der Waals surface area contributed by atoms with Crippen LogP contribution < -0.4 is 5.32 Å². The number of aromatic nitrogens is 2. The molecule has 1 atom stereocenters. The van der Waals surface area contributed by atoms with Crippen molar-refractivity contribution < 1.29 is 18.0 Å². The molecule has 1 aromatic heterocycles. The number of rotatable bonds is 5. The van der Waals surface area contributed by atoms with Crippen LogP contribution in [0.25, 0.3) is 0 Å². The van der Waals surface area contributed by atoms with Crippen molar-refractivity contribution in [3.8, 4) is 0 Å². The Balaban J connectivity index is 1.78. The molecular weight excluding hydrogens is 355 g/mol. The topological polar surface area (TPSA) is 46.9 Å². The highest BCUT2D eigenvalue weighted by molar-refractivity contribution is 5.76. The molecule has 0 aliphatic heterocycles. The maximum absolute atomic E-state index is 12.6. The minimum absolute atomic E-state index is 0.300. The minimum atomic E-state index is -4.53. The SMILES string of the molecule is Cc1ccc([C@@H](NC(=O)Cn2ccc(C(F)(F)F)n2)c2ccccc2)cc1. The lowest BCUT2D eigenvalue weighted by Gasteiger charge is -2.20. The highest BCUT2D eigenvalue weighted by Crippen LogP contribution is 2.27. The first-order valence-electron chi connectivity index (χ1n) is 8.34. The molecule has 3 rings (SSSR count). The number of carbonyl (C=O) groups excluding carboxylic acids is 1. The van der Waals surface area contributed by atoms with Crippen molar-refractivity contribution >= 4 is 5.91 Å². The predicted octanol–water partition coefficient (Wildman–Crippen LogP) is 4.12. The summed E-state index contributed by atoms with van der Waals surface area (Å²) in [4.78, 5) is 12.4. The van der Waals surface area contributed by atoms with Gasteiger partial charge in [-0.1, -0.05) is 60.2 Å². The summed E-state index contributed by atoms with van der Waals surface area (Å²) < 4.78 is 38.9. The zero-order chi connectivity index (χ0) is 19.4. The van der Waals surface area contributed by atoms with Crippen LogP contribution >= 0.6 is 0 Å². The van der Waals surface area contributed by atoms with E-state index in [4.69, 9.17) is 0 Å². The van der Waals surface area contributed by atoms with Crippen LogP contribution in [0.1, 0.15) is 28.4 Å². The van der Waals surface area contributed by atoms with Crippen molar-refractivity contribution in [3.63, 3.8) is 0 Å². The molecule has 27 heavy (non-hydrogen) atoms. The van der Waals surface area contributed by atoms with Gasteiger partial charge in [-0.05, 0) is 24.1 Å². The van der Waals surface area contributed by atoms with Gasteiger partial charge in [0.15, 0.2) is 5.69 Å². The molecule has 2 aromatic carbocycles. The van der Waals surface area contributed by atoms with Gasteiger partial charge in [0, 0.05) is 6.20 Å². The predicted molar refractivity (Wildman–Crippen MR) is 94.8 cm³/mol. The number of hydrogen-bond donors (Lipinski definition) is 1. The Bertz CT molecular complexity index is 902. The smallest absolute Gasteiger partial charge is 0.344 e. The Hall–Kier alpha value is -3.09. The lowest BCUT2D eigenvalue weighted by atomic mass is 9.98. The van der Waals surface area contributed by atoms with Gasteiger partial charge in [-0.15, -0.1) is 0 Å². The van der Waals surface area contributed by atoms with E-state index in [0.717, 1.165) is 33.6 Å². The van der Waals surface area contributed by atoms with Crippen molar-refractivity contribution in [1.82, 2.24) is 15.1 Å². The van der Waals surface area contributed by atoms with Crippen LogP contribution in [0.15, 0.2) is 66.9 Å². The molecule has 0 fully saturated rings. The number of hydrogen-bond acceptors (Lipinski definition) is 2. The number of nitrogens with zero attached hydrogens (tertiary/aromatic N) is 2. The third-order valence-electron chi connectivity index (χ3n) is 4.09. The summed E-state index contributed by atoms with van der Waals surface area (Å²) in [5, 5.41) is 6.30. The van der Waals surface area contributed by atoms with Gasteiger partial charge >= 0.3 is 6.18 Å². The van der Waals surface area contributed by atoms with E-state index in [1.165, 1.54) is 0 Å². The first kappa shape index (κ1) is 18.7. The fourth-order valence-corrected chi connectivity index (χ4v) is 2.72. The van der Waals surface area contributed by atoms with Crippen LogP contribution in [0, 0.1) is 6.92 Å². The molecule has 7 heteroatoms. The van der Waals surface area contributed by atoms with Crippen LogP contribution in [0.3, 0.4) is 0 Å². The van der Waals surface area contributed by atoms with Crippen LogP contribution in [0.2, 0.25) is 0 Å². The van der Waals surface area contributed by atoms with E-state index in [1.807, 2.05) is 61.5 Å². The fraction of sp³-hybridized carbons (Fsp3) is 0.200. The molecule has 0 spiro atoms. The van der Waals surface area contributed by atoms with Crippen LogP contribution in [-0.2, 0) is 17.5 Å². The first-order chi connectivity index (χ1) is 12.8. The zero-order valence-electron chi connectivity index (χ0n) is 14.6. The Morgan fingerprint density at radius 2 is 1.67 bits per heavy atom. The van der Waals surface area contributed by atoms with Gasteiger partial charge in [0.1, 0.15) is 6.54 Å². The summed E-state index contributed by atoms with van der Waals surface area (Å²) in [7, 11) is 0. The van der Waals surface area contributed by atoms with E-state index in [-0.39, 0.29) is 6.54 Å². The lowest BCUT2D eigenvalue weighted by Crippen LogP contribution is -2.32. The van der Waals surface area contributed by atoms with Gasteiger partial charge < -0.3 is 5.32 Å². The van der Waals surface area contributed by atoms with Gasteiger partial charge in [-0.2, -0.15) is 18.3 Å². The molecule has 0 bridgehead atoms. The molecule has 4 nitrogen and oxygen atoms in total. The van der Waals surface area contributed by atoms with Crippen LogP contribution in [0.4, 0.5) is 13.2 Å². The number of benzene rings is 2. The molecule has 140 valence electrons. The zero-order valence-corrected chi connectivity index (χ0v) is 14.6. The number of nitrogens with one attached hydrogen (secondary N) is 1. The molecule has 1 N–H and O–H groups in total. The van der Waals surface area contributed by atoms with Crippen molar-refractivity contribution in [2.24, 2.45) is 0 Å². The Labute approximate surface area is 154 Å². The Kier molecular flexibility index (Phi) is 5.30. The van der Waals surface area contributed by atoms with Crippen molar-refractivity contribution in [2.45, 2.75) is 25.7 Å². The van der Waals surface area contributed by atoms with Crippen molar-refractivity contribution in [1.29, 1.82) is 0 Å². The van der Waals surface area contributed by atoms with Crippen molar-refractivity contribution in [2.75, 3.05) is 0 Å². The second-order valence-electron chi connectivity index (χ2n) is 6.22. The number of halogens is 3.